The lowest BCUT2D eigenvalue weighted by Crippen LogP contribution is -2.17. The molecule has 0 spiro atoms. The Bertz CT molecular complexity index is 3910. The molecule has 1 aliphatic heterocycles. The third kappa shape index (κ3) is 5.17. The van der Waals surface area contributed by atoms with E-state index in [-0.39, 0.29) is 0 Å². The van der Waals surface area contributed by atoms with E-state index in [9.17, 15) is 0 Å². The zero-order valence-corrected chi connectivity index (χ0v) is 35.2. The van der Waals surface area contributed by atoms with Gasteiger partial charge in [0, 0.05) is 71.7 Å². The van der Waals surface area contributed by atoms with Crippen molar-refractivity contribution in [1.82, 2.24) is 29.1 Å². The molecule has 0 N–H and O–H groups in total. The number of aryl methyl sites for hydroxylation is 1. The molecule has 1 aliphatic carbocycles. The van der Waals surface area contributed by atoms with Crippen LogP contribution in [0, 0.1) is 0 Å². The maximum absolute atomic E-state index is 5.60. The lowest BCUT2D eigenvalue weighted by Gasteiger charge is -2.33. The Hall–Kier alpha value is -8.07. The Morgan fingerprint density at radius 2 is 1.05 bits per heavy atom. The zero-order valence-electron chi connectivity index (χ0n) is 34.4. The number of fused-ring (bicyclic) bond motifs is 14. The summed E-state index contributed by atoms with van der Waals surface area (Å²) < 4.78 is 4.84. The molecule has 0 radical (unpaired) electrons. The molecule has 7 nitrogen and oxygen atoms in total. The van der Waals surface area contributed by atoms with Crippen LogP contribution in [0.4, 0.5) is 17.2 Å². The van der Waals surface area contributed by atoms with Crippen molar-refractivity contribution >= 4 is 101 Å². The highest BCUT2D eigenvalue weighted by Crippen LogP contribution is 2.53. The Morgan fingerprint density at radius 1 is 0.469 bits per heavy atom. The molecular weight excluding hydrogens is 803 g/mol. The first-order chi connectivity index (χ1) is 31.7. The van der Waals surface area contributed by atoms with Crippen molar-refractivity contribution in [2.75, 3.05) is 4.90 Å². The van der Waals surface area contributed by atoms with Crippen LogP contribution in [-0.4, -0.2) is 29.1 Å². The molecule has 7 aromatic carbocycles. The van der Waals surface area contributed by atoms with Crippen LogP contribution in [0.25, 0.3) is 94.3 Å². The summed E-state index contributed by atoms with van der Waals surface area (Å²) in [5.74, 6) is 0.802. The van der Waals surface area contributed by atoms with Crippen molar-refractivity contribution in [3.05, 3.63) is 194 Å². The van der Waals surface area contributed by atoms with Crippen LogP contribution in [0.2, 0.25) is 0 Å². The number of benzene rings is 7. The number of para-hydroxylation sites is 3. The van der Waals surface area contributed by atoms with Crippen LogP contribution in [0.15, 0.2) is 192 Å². The highest BCUT2D eigenvalue weighted by atomic mass is 32.2. The number of rotatable bonds is 4. The summed E-state index contributed by atoms with van der Waals surface area (Å²) in [5, 5.41) is 5.64. The van der Waals surface area contributed by atoms with Gasteiger partial charge in [-0.3, -0.25) is 14.9 Å². The summed E-state index contributed by atoms with van der Waals surface area (Å²) in [5.41, 5.74) is 15.8. The largest absolute Gasteiger partial charge is 0.310 e. The molecule has 0 saturated carbocycles. The van der Waals surface area contributed by atoms with Gasteiger partial charge in [0.05, 0.1) is 50.2 Å². The molecule has 8 heteroatoms. The van der Waals surface area contributed by atoms with Crippen LogP contribution >= 0.6 is 11.8 Å². The molecule has 2 aliphatic rings. The van der Waals surface area contributed by atoms with Gasteiger partial charge in [0.1, 0.15) is 11.3 Å². The Morgan fingerprint density at radius 3 is 1.73 bits per heavy atom. The summed E-state index contributed by atoms with van der Waals surface area (Å²) in [4.78, 5) is 25.2. The van der Waals surface area contributed by atoms with E-state index in [2.05, 4.69) is 172 Å². The molecule has 0 saturated heterocycles. The summed E-state index contributed by atoms with van der Waals surface area (Å²) in [6.45, 7) is 0. The molecule has 5 aromatic heterocycles. The van der Waals surface area contributed by atoms with E-state index >= 15 is 0 Å². The molecule has 300 valence electrons. The normalized spacial score (nSPS) is 13.3. The van der Waals surface area contributed by atoms with Gasteiger partial charge in [0.15, 0.2) is 0 Å². The highest BCUT2D eigenvalue weighted by molar-refractivity contribution is 7.99. The summed E-state index contributed by atoms with van der Waals surface area (Å²) in [6.07, 6.45) is 10.2. The van der Waals surface area contributed by atoms with Crippen molar-refractivity contribution < 1.29 is 0 Å². The van der Waals surface area contributed by atoms with Gasteiger partial charge in [0.2, 0.25) is 0 Å². The standard InChI is InChI=1S/C56H35N7S/c1-2-12-34(13-3-1)43-26-24-41-53-54(58-31-30-57-53)42-25-29-52(60-56(42)55(41)59-43)63-48-27-22-35(61-44-18-8-4-14-37(44)38-15-5-9-19-45(38)61)32-50(48)64-51-33-36(23-28-49(51)63)62-46-20-10-6-16-39(46)40-17-7-11-21-47(40)62/h1-6,8-16,18-33H,7,17H2. The fourth-order valence-electron chi connectivity index (χ4n) is 10.3. The smallest absolute Gasteiger partial charge is 0.138 e. The van der Waals surface area contributed by atoms with Crippen LogP contribution in [0.3, 0.4) is 0 Å². The topological polar surface area (TPSA) is 64.7 Å². The number of allylic oxidation sites excluding steroid dienone is 1. The second-order valence-corrected chi connectivity index (χ2v) is 17.6. The average molecular weight is 838 g/mol. The van der Waals surface area contributed by atoms with Gasteiger partial charge in [-0.2, -0.15) is 0 Å². The van der Waals surface area contributed by atoms with Crippen molar-refractivity contribution in [2.45, 2.75) is 22.6 Å². The van der Waals surface area contributed by atoms with Gasteiger partial charge < -0.3 is 9.13 Å². The number of anilines is 3. The third-order valence-electron chi connectivity index (χ3n) is 13.0. The third-order valence-corrected chi connectivity index (χ3v) is 14.1. The van der Waals surface area contributed by atoms with Gasteiger partial charge in [0.25, 0.3) is 0 Å². The Kier molecular flexibility index (Phi) is 7.61. The highest BCUT2D eigenvalue weighted by Gasteiger charge is 2.29. The lowest BCUT2D eigenvalue weighted by atomic mass is 10.0. The minimum atomic E-state index is 0.787. The van der Waals surface area contributed by atoms with E-state index in [1.54, 1.807) is 12.4 Å². The SMILES string of the molecule is C1=Cc2c(c3ccccc3n2-c2ccc3c(c2)Sc2cc(-n4c5ccccc5c5ccccc54)ccc2N3c2ccc3c4nccnc4c4ccc(-c5ccccc5)nc4c3n2)CC1. The summed E-state index contributed by atoms with van der Waals surface area (Å²) in [7, 11) is 0. The second-order valence-electron chi connectivity index (χ2n) is 16.5. The van der Waals surface area contributed by atoms with Crippen LogP contribution in [0.5, 0.6) is 0 Å². The number of nitrogens with zero attached hydrogens (tertiary/aromatic N) is 7. The first-order valence-electron chi connectivity index (χ1n) is 21.7. The van der Waals surface area contributed by atoms with E-state index in [4.69, 9.17) is 19.9 Å². The zero-order chi connectivity index (χ0) is 41.9. The molecule has 0 fully saturated rings. The molecule has 0 unspecified atom stereocenters. The van der Waals surface area contributed by atoms with Crippen molar-refractivity contribution in [2.24, 2.45) is 0 Å². The molecule has 14 rings (SSSR count). The van der Waals surface area contributed by atoms with E-state index in [0.717, 1.165) is 95.3 Å². The quantitative estimate of drug-likeness (QED) is 0.165. The van der Waals surface area contributed by atoms with E-state index in [1.807, 2.05) is 30.0 Å². The van der Waals surface area contributed by atoms with Crippen molar-refractivity contribution in [3.8, 4) is 22.6 Å². The Labute approximate surface area is 371 Å². The minimum Gasteiger partial charge on any atom is -0.310 e. The maximum atomic E-state index is 5.60. The fourth-order valence-corrected chi connectivity index (χ4v) is 11.4. The number of aromatic nitrogens is 6. The number of hydrogen-bond donors (Lipinski definition) is 0. The molecule has 0 atom stereocenters. The monoisotopic (exact) mass is 837 g/mol. The van der Waals surface area contributed by atoms with E-state index < -0.39 is 0 Å². The van der Waals surface area contributed by atoms with Crippen LogP contribution in [-0.2, 0) is 6.42 Å². The fraction of sp³-hybridized carbons (Fsp3) is 0.0357. The van der Waals surface area contributed by atoms with Gasteiger partial charge in [-0.05, 0) is 103 Å². The van der Waals surface area contributed by atoms with Gasteiger partial charge in [-0.15, -0.1) is 0 Å². The van der Waals surface area contributed by atoms with Gasteiger partial charge >= 0.3 is 0 Å². The number of hydrogen-bond acceptors (Lipinski definition) is 6. The molecule has 6 heterocycles. The lowest BCUT2D eigenvalue weighted by molar-refractivity contribution is 0.965. The van der Waals surface area contributed by atoms with Gasteiger partial charge in [-0.1, -0.05) is 103 Å². The molecule has 64 heavy (non-hydrogen) atoms. The molecular formula is C56H35N7S. The molecule has 0 amide bonds. The van der Waals surface area contributed by atoms with Crippen molar-refractivity contribution in [1.29, 1.82) is 0 Å². The summed E-state index contributed by atoms with van der Waals surface area (Å²) >= 11 is 1.82. The Balaban J connectivity index is 1.01. The van der Waals surface area contributed by atoms with Crippen LogP contribution in [0.1, 0.15) is 17.7 Å². The molecule has 12 aromatic rings. The minimum absolute atomic E-state index is 0.787. The maximum Gasteiger partial charge on any atom is 0.138 e. The first kappa shape index (κ1) is 35.5. The predicted octanol–water partition coefficient (Wildman–Crippen LogP) is 14.3. The van der Waals surface area contributed by atoms with Crippen LogP contribution < -0.4 is 4.90 Å². The average Bonchev–Trinajstić information content (AvgIpc) is 3.88. The predicted molar refractivity (Wildman–Crippen MR) is 263 cm³/mol. The first-order valence-corrected chi connectivity index (χ1v) is 22.5. The summed E-state index contributed by atoms with van der Waals surface area (Å²) in [6, 6.07) is 58.8. The van der Waals surface area contributed by atoms with Crippen molar-refractivity contribution in [3.63, 3.8) is 0 Å². The van der Waals surface area contributed by atoms with Gasteiger partial charge in [-0.25, -0.2) is 9.97 Å². The second kappa shape index (κ2) is 13.7. The van der Waals surface area contributed by atoms with E-state index in [1.165, 1.54) is 44.0 Å². The van der Waals surface area contributed by atoms with E-state index in [0.29, 0.717) is 0 Å². The molecule has 0 bridgehead atoms. The number of pyridine rings is 2.